The first-order valence-electron chi connectivity index (χ1n) is 8.26. The van der Waals surface area contributed by atoms with Gasteiger partial charge < -0.3 is 10.6 Å². The zero-order chi connectivity index (χ0) is 17.6. The van der Waals surface area contributed by atoms with Crippen molar-refractivity contribution in [3.05, 3.63) is 82.5 Å². The van der Waals surface area contributed by atoms with Crippen LogP contribution < -0.4 is 10.6 Å². The number of hydrogen-bond acceptors (Lipinski definition) is 4. The number of benzene rings is 2. The number of anilines is 2. The maximum atomic E-state index is 6.20. The summed E-state index contributed by atoms with van der Waals surface area (Å²) >= 11 is 6.20. The molecule has 0 fully saturated rings. The second-order valence-electron chi connectivity index (χ2n) is 5.94. The molecule has 0 spiro atoms. The van der Waals surface area contributed by atoms with Crippen LogP contribution in [0.15, 0.2) is 60.7 Å². The predicted molar refractivity (Wildman–Crippen MR) is 104 cm³/mol. The van der Waals surface area contributed by atoms with Crippen molar-refractivity contribution in [1.29, 1.82) is 0 Å². The van der Waals surface area contributed by atoms with Crippen molar-refractivity contribution in [3.8, 4) is 0 Å². The second kappa shape index (κ2) is 7.99. The molecular weight excluding hydrogens is 332 g/mol. The van der Waals surface area contributed by atoms with Crippen LogP contribution >= 0.6 is 11.6 Å². The summed E-state index contributed by atoms with van der Waals surface area (Å²) in [4.78, 5) is 9.05. The van der Waals surface area contributed by atoms with E-state index >= 15 is 0 Å². The quantitative estimate of drug-likeness (QED) is 0.638. The van der Waals surface area contributed by atoms with Crippen molar-refractivity contribution in [3.63, 3.8) is 0 Å². The van der Waals surface area contributed by atoms with E-state index in [1.807, 2.05) is 55.5 Å². The molecule has 0 aliphatic heterocycles. The normalized spacial score (nSPS) is 11.8. The van der Waals surface area contributed by atoms with Gasteiger partial charge in [0.2, 0.25) is 5.95 Å². The number of rotatable bonds is 6. The third-order valence-corrected chi connectivity index (χ3v) is 4.29. The van der Waals surface area contributed by atoms with E-state index in [4.69, 9.17) is 11.6 Å². The molecule has 3 aromatic rings. The number of aromatic nitrogens is 2. The van der Waals surface area contributed by atoms with Crippen molar-refractivity contribution in [2.24, 2.45) is 0 Å². The average Bonchev–Trinajstić information content (AvgIpc) is 2.61. The molecule has 1 heterocycles. The highest BCUT2D eigenvalue weighted by atomic mass is 35.5. The molecule has 128 valence electrons. The third kappa shape index (κ3) is 4.70. The fraction of sp³-hybridized carbons (Fsp3) is 0.200. The van der Waals surface area contributed by atoms with Crippen molar-refractivity contribution in [2.75, 3.05) is 10.6 Å². The Labute approximate surface area is 153 Å². The Kier molecular flexibility index (Phi) is 5.51. The van der Waals surface area contributed by atoms with Gasteiger partial charge in [-0.3, -0.25) is 0 Å². The van der Waals surface area contributed by atoms with Gasteiger partial charge in [0.05, 0.1) is 6.04 Å². The first-order valence-corrected chi connectivity index (χ1v) is 8.64. The lowest BCUT2D eigenvalue weighted by Gasteiger charge is -2.16. The topological polar surface area (TPSA) is 49.8 Å². The SMILES string of the molecule is Cc1cc(NCc2ccccc2Cl)nc(NC(C)c2ccccc2)n1. The van der Waals surface area contributed by atoms with Crippen molar-refractivity contribution in [2.45, 2.75) is 26.4 Å². The number of nitrogens with one attached hydrogen (secondary N) is 2. The van der Waals surface area contributed by atoms with Crippen LogP contribution in [0.1, 0.15) is 29.8 Å². The lowest BCUT2D eigenvalue weighted by molar-refractivity contribution is 0.856. The summed E-state index contributed by atoms with van der Waals surface area (Å²) in [6, 6.07) is 20.1. The summed E-state index contributed by atoms with van der Waals surface area (Å²) in [5.41, 5.74) is 3.13. The summed E-state index contributed by atoms with van der Waals surface area (Å²) in [6.07, 6.45) is 0. The number of nitrogens with zero attached hydrogens (tertiary/aromatic N) is 2. The van der Waals surface area contributed by atoms with Crippen LogP contribution in [0.2, 0.25) is 5.02 Å². The maximum absolute atomic E-state index is 6.20. The molecule has 0 saturated carbocycles. The summed E-state index contributed by atoms with van der Waals surface area (Å²) < 4.78 is 0. The molecule has 0 radical (unpaired) electrons. The minimum Gasteiger partial charge on any atom is -0.366 e. The second-order valence-corrected chi connectivity index (χ2v) is 6.35. The molecule has 0 saturated heterocycles. The molecule has 1 aromatic heterocycles. The lowest BCUT2D eigenvalue weighted by Crippen LogP contribution is -2.11. The van der Waals surface area contributed by atoms with Gasteiger partial charge in [-0.25, -0.2) is 4.98 Å². The van der Waals surface area contributed by atoms with Crippen molar-refractivity contribution >= 4 is 23.4 Å². The van der Waals surface area contributed by atoms with E-state index in [-0.39, 0.29) is 6.04 Å². The third-order valence-electron chi connectivity index (χ3n) is 3.92. The molecule has 0 bridgehead atoms. The highest BCUT2D eigenvalue weighted by Gasteiger charge is 2.08. The van der Waals surface area contributed by atoms with Crippen LogP contribution in [0.4, 0.5) is 11.8 Å². The summed E-state index contributed by atoms with van der Waals surface area (Å²) in [6.45, 7) is 4.67. The van der Waals surface area contributed by atoms with E-state index in [0.29, 0.717) is 12.5 Å². The Balaban J connectivity index is 1.71. The first kappa shape index (κ1) is 17.2. The van der Waals surface area contributed by atoms with Crippen LogP contribution in [-0.4, -0.2) is 9.97 Å². The molecule has 4 nitrogen and oxygen atoms in total. The molecule has 0 aliphatic rings. The fourth-order valence-electron chi connectivity index (χ4n) is 2.57. The zero-order valence-corrected chi connectivity index (χ0v) is 15.1. The Hall–Kier alpha value is -2.59. The molecule has 0 amide bonds. The lowest BCUT2D eigenvalue weighted by atomic mass is 10.1. The van der Waals surface area contributed by atoms with E-state index < -0.39 is 0 Å². The number of hydrogen-bond donors (Lipinski definition) is 2. The number of aryl methyl sites for hydroxylation is 1. The first-order chi connectivity index (χ1) is 12.1. The van der Waals surface area contributed by atoms with E-state index in [1.165, 1.54) is 5.56 Å². The Morgan fingerprint density at radius 1 is 1.00 bits per heavy atom. The molecule has 5 heteroatoms. The van der Waals surface area contributed by atoms with Crippen LogP contribution in [-0.2, 0) is 6.54 Å². The van der Waals surface area contributed by atoms with Gasteiger partial charge in [-0.15, -0.1) is 0 Å². The maximum Gasteiger partial charge on any atom is 0.225 e. The molecule has 1 unspecified atom stereocenters. The molecule has 2 N–H and O–H groups in total. The smallest absolute Gasteiger partial charge is 0.225 e. The fourth-order valence-corrected chi connectivity index (χ4v) is 2.77. The molecular formula is C20H21ClN4. The van der Waals surface area contributed by atoms with Crippen LogP contribution in [0.5, 0.6) is 0 Å². The monoisotopic (exact) mass is 352 g/mol. The molecule has 25 heavy (non-hydrogen) atoms. The number of halogens is 1. The average molecular weight is 353 g/mol. The standard InChI is InChI=1S/C20H21ClN4/c1-14-12-19(22-13-17-10-6-7-11-18(17)21)25-20(23-14)24-15(2)16-8-4-3-5-9-16/h3-12,15H,13H2,1-2H3,(H2,22,23,24,25). The Morgan fingerprint density at radius 3 is 2.48 bits per heavy atom. The largest absolute Gasteiger partial charge is 0.366 e. The van der Waals surface area contributed by atoms with Gasteiger partial charge in [-0.1, -0.05) is 60.1 Å². The Bertz CT molecular complexity index is 836. The summed E-state index contributed by atoms with van der Waals surface area (Å²) in [5.74, 6) is 1.38. The molecule has 3 rings (SSSR count). The van der Waals surface area contributed by atoms with Gasteiger partial charge >= 0.3 is 0 Å². The minimum atomic E-state index is 0.124. The van der Waals surface area contributed by atoms with Crippen molar-refractivity contribution in [1.82, 2.24) is 9.97 Å². The van der Waals surface area contributed by atoms with Gasteiger partial charge in [0.25, 0.3) is 0 Å². The van der Waals surface area contributed by atoms with Gasteiger partial charge in [0.15, 0.2) is 0 Å². The minimum absolute atomic E-state index is 0.124. The molecule has 0 aliphatic carbocycles. The van der Waals surface area contributed by atoms with E-state index in [1.54, 1.807) is 0 Å². The van der Waals surface area contributed by atoms with Crippen LogP contribution in [0.3, 0.4) is 0 Å². The molecule has 1 atom stereocenters. The van der Waals surface area contributed by atoms with Crippen LogP contribution in [0.25, 0.3) is 0 Å². The highest BCUT2D eigenvalue weighted by molar-refractivity contribution is 6.31. The van der Waals surface area contributed by atoms with E-state index in [9.17, 15) is 0 Å². The molecule has 2 aromatic carbocycles. The Morgan fingerprint density at radius 2 is 1.72 bits per heavy atom. The summed E-state index contributed by atoms with van der Waals surface area (Å²) in [7, 11) is 0. The van der Waals surface area contributed by atoms with E-state index in [0.717, 1.165) is 22.1 Å². The van der Waals surface area contributed by atoms with E-state index in [2.05, 4.69) is 39.7 Å². The highest BCUT2D eigenvalue weighted by Crippen LogP contribution is 2.20. The predicted octanol–water partition coefficient (Wildman–Crippen LogP) is 5.22. The van der Waals surface area contributed by atoms with Gasteiger partial charge in [0, 0.05) is 23.3 Å². The van der Waals surface area contributed by atoms with Gasteiger partial charge in [-0.05, 0) is 31.0 Å². The van der Waals surface area contributed by atoms with Gasteiger partial charge in [-0.2, -0.15) is 4.98 Å². The summed E-state index contributed by atoms with van der Waals surface area (Å²) in [5, 5.41) is 7.43. The van der Waals surface area contributed by atoms with Gasteiger partial charge in [0.1, 0.15) is 5.82 Å². The van der Waals surface area contributed by atoms with Crippen LogP contribution in [0, 0.1) is 6.92 Å². The zero-order valence-electron chi connectivity index (χ0n) is 14.3. The van der Waals surface area contributed by atoms with Crippen molar-refractivity contribution < 1.29 is 0 Å².